The fraction of sp³-hybridized carbons (Fsp3) is 0.500. The number of carbonyl (C=O) groups is 1. The van der Waals surface area contributed by atoms with Crippen LogP contribution in [0.3, 0.4) is 0 Å². The van der Waals surface area contributed by atoms with Crippen LogP contribution >= 0.6 is 11.6 Å². The van der Waals surface area contributed by atoms with E-state index < -0.39 is 6.04 Å². The highest BCUT2D eigenvalue weighted by Gasteiger charge is 2.53. The third-order valence-electron chi connectivity index (χ3n) is 8.82. The Morgan fingerprint density at radius 3 is 2.30 bits per heavy atom. The normalized spacial score (nSPS) is 29.8. The van der Waals surface area contributed by atoms with Crippen LogP contribution in [0.15, 0.2) is 48.5 Å². The summed E-state index contributed by atoms with van der Waals surface area (Å²) >= 11 is 6.33. The van der Waals surface area contributed by atoms with Crippen molar-refractivity contribution in [3.63, 3.8) is 0 Å². The lowest BCUT2D eigenvalue weighted by atomic mass is 9.48. The molecule has 5 heteroatoms. The summed E-state index contributed by atoms with van der Waals surface area (Å²) in [6, 6.07) is 15.7. The number of nitrogens with zero attached hydrogens (tertiary/aromatic N) is 2. The summed E-state index contributed by atoms with van der Waals surface area (Å²) in [5, 5.41) is 10.0. The van der Waals surface area contributed by atoms with Crippen molar-refractivity contribution in [3.05, 3.63) is 53.6 Å². The van der Waals surface area contributed by atoms with Gasteiger partial charge in [0, 0.05) is 22.0 Å². The summed E-state index contributed by atoms with van der Waals surface area (Å²) in [7, 11) is 0. The fourth-order valence-electron chi connectivity index (χ4n) is 7.52. The summed E-state index contributed by atoms with van der Waals surface area (Å²) in [6.45, 7) is 4.20. The number of benzene rings is 2. The number of halogens is 1. The third-order valence-corrected chi connectivity index (χ3v) is 9.06. The summed E-state index contributed by atoms with van der Waals surface area (Å²) in [5.74, 6) is 2.68. The van der Waals surface area contributed by atoms with E-state index >= 15 is 0 Å². The van der Waals surface area contributed by atoms with Gasteiger partial charge in [0.2, 0.25) is 5.91 Å². The minimum atomic E-state index is -0.400. The van der Waals surface area contributed by atoms with Crippen LogP contribution in [0.4, 0.5) is 0 Å². The molecule has 0 spiro atoms. The average Bonchev–Trinajstić information content (AvgIpc) is 3.16. The molecule has 0 saturated heterocycles. The van der Waals surface area contributed by atoms with Gasteiger partial charge in [-0.2, -0.15) is 5.10 Å². The van der Waals surface area contributed by atoms with Gasteiger partial charge in [-0.1, -0.05) is 41.9 Å². The molecule has 7 rings (SSSR count). The second-order valence-electron chi connectivity index (χ2n) is 11.0. The zero-order valence-corrected chi connectivity index (χ0v) is 20.2. The molecule has 0 aliphatic heterocycles. The van der Waals surface area contributed by atoms with Crippen molar-refractivity contribution in [2.75, 3.05) is 0 Å². The molecule has 1 heterocycles. The van der Waals surface area contributed by atoms with Gasteiger partial charge < -0.3 is 5.32 Å². The van der Waals surface area contributed by atoms with Crippen LogP contribution < -0.4 is 5.32 Å². The summed E-state index contributed by atoms with van der Waals surface area (Å²) in [6.07, 6.45) is 8.11. The first-order valence-corrected chi connectivity index (χ1v) is 12.8. The Labute approximate surface area is 200 Å². The molecule has 2 aromatic carbocycles. The van der Waals surface area contributed by atoms with Crippen molar-refractivity contribution in [2.24, 2.45) is 23.2 Å². The fourth-order valence-corrected chi connectivity index (χ4v) is 7.70. The molecule has 4 saturated carbocycles. The van der Waals surface area contributed by atoms with E-state index in [9.17, 15) is 4.79 Å². The van der Waals surface area contributed by atoms with Gasteiger partial charge in [-0.05, 0) is 93.7 Å². The van der Waals surface area contributed by atoms with E-state index in [2.05, 4.69) is 12.2 Å². The smallest absolute Gasteiger partial charge is 0.244 e. The Bertz CT molecular complexity index is 1170. The largest absolute Gasteiger partial charge is 0.351 e. The quantitative estimate of drug-likeness (QED) is 0.463. The van der Waals surface area contributed by atoms with Gasteiger partial charge in [0.15, 0.2) is 0 Å². The molecular weight excluding hydrogens is 430 g/mol. The molecule has 33 heavy (non-hydrogen) atoms. The lowest BCUT2D eigenvalue weighted by Crippen LogP contribution is -2.56. The Balaban J connectivity index is 1.29. The van der Waals surface area contributed by atoms with Gasteiger partial charge >= 0.3 is 0 Å². The highest BCUT2D eigenvalue weighted by atomic mass is 35.5. The topological polar surface area (TPSA) is 46.9 Å². The Morgan fingerprint density at radius 1 is 1.03 bits per heavy atom. The Morgan fingerprint density at radius 2 is 1.67 bits per heavy atom. The molecule has 4 fully saturated rings. The van der Waals surface area contributed by atoms with E-state index in [1.54, 1.807) is 0 Å². The second kappa shape index (κ2) is 7.87. The van der Waals surface area contributed by atoms with Crippen LogP contribution in [0.1, 0.15) is 58.4 Å². The van der Waals surface area contributed by atoms with Crippen molar-refractivity contribution < 1.29 is 4.79 Å². The summed E-state index contributed by atoms with van der Waals surface area (Å²) in [4.78, 5) is 13.5. The number of fused-ring (bicyclic) bond motifs is 1. The molecule has 1 amide bonds. The maximum atomic E-state index is 13.5. The number of hydrogen-bond donors (Lipinski definition) is 1. The standard InChI is InChI=1S/C28H32ClN3O/c1-17(27(33)30-18(2)28-14-19-10-20(15-28)12-21(11-19)16-28)32-25-9-8-23(29)13-24(25)26(31-32)22-6-4-3-5-7-22/h3-9,13,17-21H,10-12,14-16H2,1-2H3,(H,30,33)/t17-,18-,19?,20?,21?,28?/m1/s1. The van der Waals surface area contributed by atoms with Crippen molar-refractivity contribution in [2.45, 2.75) is 64.5 Å². The number of amides is 1. The monoisotopic (exact) mass is 461 g/mol. The molecule has 0 radical (unpaired) electrons. The van der Waals surface area contributed by atoms with Crippen LogP contribution in [0.5, 0.6) is 0 Å². The molecule has 1 aromatic heterocycles. The Kier molecular flexibility index (Phi) is 5.06. The Hall–Kier alpha value is -2.33. The number of carbonyl (C=O) groups excluding carboxylic acids is 1. The lowest BCUT2D eigenvalue weighted by molar-refractivity contribution is -0.128. The van der Waals surface area contributed by atoms with Crippen molar-refractivity contribution in [1.29, 1.82) is 0 Å². The molecule has 0 unspecified atom stereocenters. The van der Waals surface area contributed by atoms with E-state index in [-0.39, 0.29) is 11.9 Å². The van der Waals surface area contributed by atoms with Crippen LogP contribution in [-0.2, 0) is 4.79 Å². The molecule has 1 N–H and O–H groups in total. The highest BCUT2D eigenvalue weighted by Crippen LogP contribution is 2.61. The lowest BCUT2D eigenvalue weighted by Gasteiger charge is -2.59. The predicted molar refractivity (Wildman–Crippen MR) is 133 cm³/mol. The van der Waals surface area contributed by atoms with E-state index in [0.717, 1.165) is 39.9 Å². The molecular formula is C28H32ClN3O. The van der Waals surface area contributed by atoms with Crippen LogP contribution in [-0.4, -0.2) is 21.7 Å². The highest BCUT2D eigenvalue weighted by molar-refractivity contribution is 6.31. The van der Waals surface area contributed by atoms with Gasteiger partial charge in [0.05, 0.1) is 5.52 Å². The maximum Gasteiger partial charge on any atom is 0.244 e. The SMILES string of the molecule is C[C@H](C(=O)N[C@H](C)C12CC3CC(CC(C3)C1)C2)n1nc(-c2ccccc2)c2cc(Cl)ccc21. The molecule has 2 atom stereocenters. The molecule has 4 aliphatic carbocycles. The first kappa shape index (κ1) is 21.2. The molecule has 4 aliphatic rings. The first-order chi connectivity index (χ1) is 15.9. The van der Waals surface area contributed by atoms with E-state index in [4.69, 9.17) is 16.7 Å². The van der Waals surface area contributed by atoms with Crippen LogP contribution in [0.25, 0.3) is 22.2 Å². The first-order valence-electron chi connectivity index (χ1n) is 12.5. The van der Waals surface area contributed by atoms with Crippen LogP contribution in [0.2, 0.25) is 5.02 Å². The molecule has 3 aromatic rings. The summed E-state index contributed by atoms with van der Waals surface area (Å²) in [5.41, 5.74) is 3.11. The minimum absolute atomic E-state index is 0.0530. The maximum absolute atomic E-state index is 13.5. The second-order valence-corrected chi connectivity index (χ2v) is 11.4. The number of aromatic nitrogens is 2. The van der Waals surface area contributed by atoms with Crippen LogP contribution in [0, 0.1) is 23.2 Å². The minimum Gasteiger partial charge on any atom is -0.351 e. The summed E-state index contributed by atoms with van der Waals surface area (Å²) < 4.78 is 1.87. The van der Waals surface area contributed by atoms with Gasteiger partial charge in [-0.25, -0.2) is 0 Å². The van der Waals surface area contributed by atoms with Gasteiger partial charge in [-0.15, -0.1) is 0 Å². The number of nitrogens with one attached hydrogen (secondary N) is 1. The molecule has 172 valence electrons. The molecule has 4 nitrogen and oxygen atoms in total. The molecule has 4 bridgehead atoms. The van der Waals surface area contributed by atoms with Crippen molar-refractivity contribution in [1.82, 2.24) is 15.1 Å². The number of rotatable bonds is 5. The van der Waals surface area contributed by atoms with Gasteiger partial charge in [-0.3, -0.25) is 9.48 Å². The number of hydrogen-bond acceptors (Lipinski definition) is 2. The zero-order valence-electron chi connectivity index (χ0n) is 19.4. The average molecular weight is 462 g/mol. The van der Waals surface area contributed by atoms with Crippen molar-refractivity contribution >= 4 is 28.4 Å². The van der Waals surface area contributed by atoms with Gasteiger partial charge in [0.1, 0.15) is 11.7 Å². The van der Waals surface area contributed by atoms with Crippen molar-refractivity contribution in [3.8, 4) is 11.3 Å². The zero-order chi connectivity index (χ0) is 22.7. The van der Waals surface area contributed by atoms with E-state index in [1.807, 2.05) is 60.1 Å². The van der Waals surface area contributed by atoms with Gasteiger partial charge in [0.25, 0.3) is 0 Å². The third kappa shape index (κ3) is 3.58. The van der Waals surface area contributed by atoms with E-state index in [1.165, 1.54) is 38.5 Å². The predicted octanol–water partition coefficient (Wildman–Crippen LogP) is 6.64. The van der Waals surface area contributed by atoms with E-state index in [0.29, 0.717) is 10.4 Å².